The molecule has 1 N–H and O–H groups in total. The predicted molar refractivity (Wildman–Crippen MR) is 40.2 cm³/mol. The predicted octanol–water partition coefficient (Wildman–Crippen LogP) is 0.446. The zero-order valence-electron chi connectivity index (χ0n) is 6.56. The number of rotatable bonds is 0. The summed E-state index contributed by atoms with van der Waals surface area (Å²) >= 11 is 0. The third-order valence-corrected chi connectivity index (χ3v) is 2.56. The number of carbonyl (C=O) groups is 1. The van der Waals surface area contributed by atoms with Gasteiger partial charge in [-0.25, -0.2) is 0 Å². The van der Waals surface area contributed by atoms with Crippen LogP contribution < -0.4 is 5.32 Å². The van der Waals surface area contributed by atoms with Crippen LogP contribution in [0.3, 0.4) is 0 Å². The average molecular weight is 155 g/mol. The number of hydrogen-bond donors (Lipinski definition) is 1. The summed E-state index contributed by atoms with van der Waals surface area (Å²) in [6.45, 7) is 1.58. The lowest BCUT2D eigenvalue weighted by molar-refractivity contribution is -0.120. The van der Waals surface area contributed by atoms with E-state index in [-0.39, 0.29) is 11.4 Å². The van der Waals surface area contributed by atoms with Gasteiger partial charge in [0.25, 0.3) is 0 Å². The van der Waals surface area contributed by atoms with E-state index in [0.29, 0.717) is 6.42 Å². The molecule has 0 aromatic carbocycles. The van der Waals surface area contributed by atoms with Gasteiger partial charge in [0, 0.05) is 13.0 Å². The van der Waals surface area contributed by atoms with Gasteiger partial charge in [-0.1, -0.05) is 0 Å². The summed E-state index contributed by atoms with van der Waals surface area (Å²) in [5, 5.41) is 3.01. The number of hydrogen-bond acceptors (Lipinski definition) is 2. The molecule has 1 unspecified atom stereocenters. The SMILES string of the molecule is O=C1CCC2(CCCOC2)N1. The molecule has 3 heteroatoms. The van der Waals surface area contributed by atoms with Gasteiger partial charge in [0.15, 0.2) is 0 Å². The van der Waals surface area contributed by atoms with Gasteiger partial charge in [0.1, 0.15) is 0 Å². The number of ether oxygens (including phenoxy) is 1. The topological polar surface area (TPSA) is 38.3 Å². The summed E-state index contributed by atoms with van der Waals surface area (Å²) < 4.78 is 5.34. The minimum absolute atomic E-state index is 0.0231. The molecule has 62 valence electrons. The van der Waals surface area contributed by atoms with E-state index in [4.69, 9.17) is 4.74 Å². The molecule has 0 radical (unpaired) electrons. The fourth-order valence-corrected chi connectivity index (χ4v) is 1.92. The summed E-state index contributed by atoms with van der Waals surface area (Å²) in [6.07, 6.45) is 3.83. The Kier molecular flexibility index (Phi) is 1.60. The number of amides is 1. The zero-order valence-corrected chi connectivity index (χ0v) is 6.56. The van der Waals surface area contributed by atoms with Gasteiger partial charge in [-0.05, 0) is 19.3 Å². The fraction of sp³-hybridized carbons (Fsp3) is 0.875. The van der Waals surface area contributed by atoms with Crippen molar-refractivity contribution in [3.63, 3.8) is 0 Å². The van der Waals surface area contributed by atoms with Crippen molar-refractivity contribution in [1.82, 2.24) is 5.32 Å². The second-order valence-corrected chi connectivity index (χ2v) is 3.48. The monoisotopic (exact) mass is 155 g/mol. The molecular formula is C8H13NO2. The highest BCUT2D eigenvalue weighted by Crippen LogP contribution is 2.28. The second kappa shape index (κ2) is 2.48. The van der Waals surface area contributed by atoms with Crippen LogP contribution in [0.25, 0.3) is 0 Å². The van der Waals surface area contributed by atoms with E-state index in [0.717, 1.165) is 32.5 Å². The van der Waals surface area contributed by atoms with Crippen LogP contribution in [0.15, 0.2) is 0 Å². The first-order valence-corrected chi connectivity index (χ1v) is 4.20. The molecule has 1 spiro atoms. The van der Waals surface area contributed by atoms with Crippen LogP contribution in [-0.2, 0) is 9.53 Å². The van der Waals surface area contributed by atoms with Crippen LogP contribution in [-0.4, -0.2) is 24.7 Å². The first-order valence-electron chi connectivity index (χ1n) is 4.20. The average Bonchev–Trinajstić information content (AvgIpc) is 2.34. The molecule has 0 saturated carbocycles. The van der Waals surface area contributed by atoms with E-state index in [1.165, 1.54) is 0 Å². The van der Waals surface area contributed by atoms with Crippen molar-refractivity contribution < 1.29 is 9.53 Å². The van der Waals surface area contributed by atoms with Gasteiger partial charge in [-0.3, -0.25) is 4.79 Å². The van der Waals surface area contributed by atoms with Gasteiger partial charge < -0.3 is 10.1 Å². The highest BCUT2D eigenvalue weighted by atomic mass is 16.5. The smallest absolute Gasteiger partial charge is 0.220 e. The Bertz CT molecular complexity index is 173. The third kappa shape index (κ3) is 1.25. The Labute approximate surface area is 66.1 Å². The molecule has 3 nitrogen and oxygen atoms in total. The summed E-state index contributed by atoms with van der Waals surface area (Å²) in [7, 11) is 0. The Hall–Kier alpha value is -0.570. The standard InChI is InChI=1S/C8H13NO2/c10-7-2-4-8(9-7)3-1-5-11-6-8/h1-6H2,(H,9,10). The molecule has 2 aliphatic heterocycles. The van der Waals surface area contributed by atoms with Crippen LogP contribution in [0.4, 0.5) is 0 Å². The molecule has 0 aromatic rings. The molecule has 0 bridgehead atoms. The molecule has 11 heavy (non-hydrogen) atoms. The van der Waals surface area contributed by atoms with E-state index < -0.39 is 0 Å². The van der Waals surface area contributed by atoms with Gasteiger partial charge in [0.2, 0.25) is 5.91 Å². The van der Waals surface area contributed by atoms with Gasteiger partial charge >= 0.3 is 0 Å². The van der Waals surface area contributed by atoms with E-state index in [9.17, 15) is 4.79 Å². The number of carbonyl (C=O) groups excluding carboxylic acids is 1. The first-order chi connectivity index (χ1) is 5.31. The third-order valence-electron chi connectivity index (χ3n) is 2.56. The van der Waals surface area contributed by atoms with E-state index in [1.807, 2.05) is 0 Å². The lowest BCUT2D eigenvalue weighted by Gasteiger charge is -2.32. The molecule has 2 fully saturated rings. The molecule has 1 amide bonds. The van der Waals surface area contributed by atoms with Crippen molar-refractivity contribution in [3.05, 3.63) is 0 Å². The summed E-state index contributed by atoms with van der Waals surface area (Å²) in [5.74, 6) is 0.190. The highest BCUT2D eigenvalue weighted by Gasteiger charge is 2.38. The van der Waals surface area contributed by atoms with E-state index >= 15 is 0 Å². The van der Waals surface area contributed by atoms with E-state index in [2.05, 4.69) is 5.32 Å². The minimum atomic E-state index is 0.0231. The van der Waals surface area contributed by atoms with Crippen molar-refractivity contribution in [1.29, 1.82) is 0 Å². The van der Waals surface area contributed by atoms with Crippen LogP contribution in [0.2, 0.25) is 0 Å². The molecule has 2 heterocycles. The summed E-state index contributed by atoms with van der Waals surface area (Å²) in [5.41, 5.74) is 0.0231. The molecule has 2 rings (SSSR count). The maximum Gasteiger partial charge on any atom is 0.220 e. The molecule has 1 atom stereocenters. The van der Waals surface area contributed by atoms with E-state index in [1.54, 1.807) is 0 Å². The van der Waals surface area contributed by atoms with Gasteiger partial charge in [-0.2, -0.15) is 0 Å². The minimum Gasteiger partial charge on any atom is -0.379 e. The molecule has 0 aliphatic carbocycles. The van der Waals surface area contributed by atoms with Gasteiger partial charge in [-0.15, -0.1) is 0 Å². The quantitative estimate of drug-likeness (QED) is 0.551. The van der Waals surface area contributed by atoms with Crippen LogP contribution >= 0.6 is 0 Å². The highest BCUT2D eigenvalue weighted by molar-refractivity contribution is 5.79. The van der Waals surface area contributed by atoms with Crippen molar-refractivity contribution in [2.45, 2.75) is 31.2 Å². The Balaban J connectivity index is 2.03. The van der Waals surface area contributed by atoms with Crippen molar-refractivity contribution in [2.24, 2.45) is 0 Å². The van der Waals surface area contributed by atoms with Gasteiger partial charge in [0.05, 0.1) is 12.1 Å². The lowest BCUT2D eigenvalue weighted by Crippen LogP contribution is -2.48. The first kappa shape index (κ1) is 7.10. The molecule has 0 aromatic heterocycles. The molecule has 2 aliphatic rings. The zero-order chi connectivity index (χ0) is 7.73. The number of nitrogens with one attached hydrogen (secondary N) is 1. The van der Waals surface area contributed by atoms with Crippen LogP contribution in [0.1, 0.15) is 25.7 Å². The van der Waals surface area contributed by atoms with Crippen LogP contribution in [0, 0.1) is 0 Å². The lowest BCUT2D eigenvalue weighted by atomic mass is 9.91. The Morgan fingerprint density at radius 3 is 2.91 bits per heavy atom. The van der Waals surface area contributed by atoms with Crippen LogP contribution in [0.5, 0.6) is 0 Å². The largest absolute Gasteiger partial charge is 0.379 e. The molecular weight excluding hydrogens is 142 g/mol. The Morgan fingerprint density at radius 2 is 2.36 bits per heavy atom. The Morgan fingerprint density at radius 1 is 1.45 bits per heavy atom. The maximum absolute atomic E-state index is 10.9. The second-order valence-electron chi connectivity index (χ2n) is 3.48. The fourth-order valence-electron chi connectivity index (χ4n) is 1.92. The van der Waals surface area contributed by atoms with Crippen molar-refractivity contribution in [3.8, 4) is 0 Å². The summed E-state index contributed by atoms with van der Waals surface area (Å²) in [4.78, 5) is 10.9. The summed E-state index contributed by atoms with van der Waals surface area (Å²) in [6, 6.07) is 0. The maximum atomic E-state index is 10.9. The normalized spacial score (nSPS) is 37.6. The van der Waals surface area contributed by atoms with Crippen molar-refractivity contribution >= 4 is 5.91 Å². The van der Waals surface area contributed by atoms with Crippen molar-refractivity contribution in [2.75, 3.05) is 13.2 Å². The molecule has 2 saturated heterocycles.